The molecular formula is C52H90N2O5. The number of carbonyl (C=O) groups is 3. The molecule has 0 rings (SSSR count). The zero-order valence-corrected chi connectivity index (χ0v) is 38.1. The van der Waals surface area contributed by atoms with Crippen LogP contribution in [-0.2, 0) is 19.1 Å². The summed E-state index contributed by atoms with van der Waals surface area (Å²) >= 11 is 0. The largest absolute Gasteiger partial charge is 0.480 e. The summed E-state index contributed by atoms with van der Waals surface area (Å²) in [5.41, 5.74) is 5.48. The summed E-state index contributed by atoms with van der Waals surface area (Å²) in [5.74, 6) is -1.29. The monoisotopic (exact) mass is 823 g/mol. The van der Waals surface area contributed by atoms with Crippen LogP contribution in [0, 0.1) is 0 Å². The Balaban J connectivity index is 4.19. The molecule has 7 nitrogen and oxygen atoms in total. The maximum absolute atomic E-state index is 12.8. The fraction of sp³-hybridized carbons (Fsp3) is 0.712. The number of amides is 1. The van der Waals surface area contributed by atoms with Crippen molar-refractivity contribution in [3.63, 3.8) is 0 Å². The molecule has 0 aromatic heterocycles. The van der Waals surface area contributed by atoms with Crippen LogP contribution in [0.3, 0.4) is 0 Å². The van der Waals surface area contributed by atoms with Crippen molar-refractivity contribution in [1.29, 1.82) is 0 Å². The fourth-order valence-electron chi connectivity index (χ4n) is 6.86. The molecule has 0 fully saturated rings. The highest BCUT2D eigenvalue weighted by atomic mass is 16.5. The Hall–Kier alpha value is -3.19. The van der Waals surface area contributed by atoms with E-state index in [1.807, 2.05) is 0 Å². The van der Waals surface area contributed by atoms with Gasteiger partial charge in [-0.25, -0.2) is 4.79 Å². The van der Waals surface area contributed by atoms with Crippen LogP contribution in [0.15, 0.2) is 72.9 Å². The van der Waals surface area contributed by atoms with Crippen LogP contribution in [0.4, 0.5) is 0 Å². The molecule has 1 amide bonds. The number of hydrogen-bond donors (Lipinski definition) is 3. The van der Waals surface area contributed by atoms with E-state index in [0.29, 0.717) is 32.2 Å². The normalized spacial score (nSPS) is 13.3. The molecule has 0 spiro atoms. The molecule has 0 aromatic carbocycles. The lowest BCUT2D eigenvalue weighted by Crippen LogP contribution is -2.40. The number of ether oxygens (including phenoxy) is 1. The van der Waals surface area contributed by atoms with Crippen molar-refractivity contribution in [2.24, 2.45) is 5.73 Å². The van der Waals surface area contributed by atoms with Crippen LogP contribution in [0.5, 0.6) is 0 Å². The van der Waals surface area contributed by atoms with Gasteiger partial charge < -0.3 is 20.9 Å². The Morgan fingerprint density at radius 2 is 0.983 bits per heavy atom. The van der Waals surface area contributed by atoms with Crippen molar-refractivity contribution in [3.05, 3.63) is 72.9 Å². The standard InChI is InChI=1S/C52H90N2O5/c1-3-5-7-9-11-13-14-15-16-17-18-19-20-21-22-23-24-25-26-28-30-36-40-46-51(56)59-48(42-37-33-29-27-12-10-8-6-4-2)43-38-34-31-32-35-39-45-50(55)54-49(52(57)58)44-41-47-53/h5,7,11,13,15-16,18-19,27,29,37,42,48-49H,3-4,6,8-10,12,14,17,20-26,28,30-36,38-41,43-47,53H2,1-2H3,(H,54,55)(H,57,58)/b7-5-,13-11-,16-15-,19-18-,29-27-,42-37-. The van der Waals surface area contributed by atoms with Crippen LogP contribution >= 0.6 is 0 Å². The number of carboxylic acid groups (broad SMARTS) is 1. The van der Waals surface area contributed by atoms with Crippen molar-refractivity contribution < 1.29 is 24.2 Å². The van der Waals surface area contributed by atoms with Crippen molar-refractivity contribution >= 4 is 17.8 Å². The van der Waals surface area contributed by atoms with E-state index in [9.17, 15) is 19.5 Å². The average Bonchev–Trinajstić information content (AvgIpc) is 3.22. The number of carbonyl (C=O) groups excluding carboxylic acids is 2. The van der Waals surface area contributed by atoms with Gasteiger partial charge in [-0.15, -0.1) is 0 Å². The van der Waals surface area contributed by atoms with Crippen molar-refractivity contribution in [2.45, 2.75) is 231 Å². The molecule has 0 bridgehead atoms. The fourth-order valence-corrected chi connectivity index (χ4v) is 6.86. The lowest BCUT2D eigenvalue weighted by Gasteiger charge is -2.15. The third-order valence-corrected chi connectivity index (χ3v) is 10.5. The minimum Gasteiger partial charge on any atom is -0.480 e. The van der Waals surface area contributed by atoms with Crippen LogP contribution in [0.2, 0.25) is 0 Å². The average molecular weight is 823 g/mol. The lowest BCUT2D eigenvalue weighted by atomic mass is 10.0. The SMILES string of the molecule is CC/C=C\C/C=C\C/C=C\C/C=C\CCCCCCCCCCCCC(=O)OC(/C=C\C/C=C\CCCCCC)CCCCCCCCC(=O)NC(CCCN)C(=O)O. The van der Waals surface area contributed by atoms with Crippen molar-refractivity contribution in [3.8, 4) is 0 Å². The summed E-state index contributed by atoms with van der Waals surface area (Å²) < 4.78 is 5.96. The summed E-state index contributed by atoms with van der Waals surface area (Å²) in [6.45, 7) is 4.81. The van der Waals surface area contributed by atoms with E-state index in [1.54, 1.807) is 0 Å². The molecule has 0 radical (unpaired) electrons. The van der Waals surface area contributed by atoms with E-state index in [2.05, 4.69) is 92.1 Å². The molecule has 7 heteroatoms. The molecule has 0 aromatic rings. The second-order valence-electron chi connectivity index (χ2n) is 16.1. The van der Waals surface area contributed by atoms with Crippen LogP contribution < -0.4 is 11.1 Å². The minimum absolute atomic E-state index is 0.0807. The predicted octanol–water partition coefficient (Wildman–Crippen LogP) is 14.3. The number of carboxylic acids is 1. The molecule has 2 atom stereocenters. The molecule has 59 heavy (non-hydrogen) atoms. The van der Waals surface area contributed by atoms with Crippen molar-refractivity contribution in [2.75, 3.05) is 6.54 Å². The first kappa shape index (κ1) is 55.8. The van der Waals surface area contributed by atoms with Gasteiger partial charge in [-0.1, -0.05) is 177 Å². The molecule has 0 aliphatic heterocycles. The second-order valence-corrected chi connectivity index (χ2v) is 16.1. The summed E-state index contributed by atoms with van der Waals surface area (Å²) in [6, 6.07) is -0.859. The van der Waals surface area contributed by atoms with Gasteiger partial charge in [0.1, 0.15) is 12.1 Å². The Labute approximate surface area is 362 Å². The number of nitrogens with one attached hydrogen (secondary N) is 1. The summed E-state index contributed by atoms with van der Waals surface area (Å²) in [4.78, 5) is 36.3. The zero-order valence-electron chi connectivity index (χ0n) is 38.1. The third-order valence-electron chi connectivity index (χ3n) is 10.5. The Morgan fingerprint density at radius 3 is 1.51 bits per heavy atom. The van der Waals surface area contributed by atoms with E-state index in [4.69, 9.17) is 10.5 Å². The highest BCUT2D eigenvalue weighted by molar-refractivity contribution is 5.83. The van der Waals surface area contributed by atoms with Gasteiger partial charge in [0.25, 0.3) is 0 Å². The van der Waals surface area contributed by atoms with E-state index in [0.717, 1.165) is 96.3 Å². The lowest BCUT2D eigenvalue weighted by molar-refractivity contribution is -0.147. The van der Waals surface area contributed by atoms with Crippen LogP contribution in [0.25, 0.3) is 0 Å². The third kappa shape index (κ3) is 42.7. The molecule has 338 valence electrons. The van der Waals surface area contributed by atoms with E-state index in [-0.39, 0.29) is 18.0 Å². The van der Waals surface area contributed by atoms with Crippen LogP contribution in [0.1, 0.15) is 219 Å². The first-order valence-corrected chi connectivity index (χ1v) is 24.3. The van der Waals surface area contributed by atoms with Gasteiger partial charge in [-0.05, 0) is 109 Å². The molecule has 2 unspecified atom stereocenters. The molecule has 0 aliphatic rings. The maximum Gasteiger partial charge on any atom is 0.326 e. The Kier molecular flexibility index (Phi) is 43.4. The van der Waals surface area contributed by atoms with E-state index < -0.39 is 12.0 Å². The van der Waals surface area contributed by atoms with Gasteiger partial charge >= 0.3 is 11.9 Å². The van der Waals surface area contributed by atoms with E-state index in [1.165, 1.54) is 83.5 Å². The molecule has 0 saturated heterocycles. The molecule has 4 N–H and O–H groups in total. The molecule has 0 aliphatic carbocycles. The smallest absolute Gasteiger partial charge is 0.326 e. The topological polar surface area (TPSA) is 119 Å². The molecule has 0 heterocycles. The minimum atomic E-state index is -1.01. The van der Waals surface area contributed by atoms with Gasteiger partial charge in [0.15, 0.2) is 0 Å². The number of allylic oxidation sites excluding steroid dienone is 11. The summed E-state index contributed by atoms with van der Waals surface area (Å²) in [7, 11) is 0. The zero-order chi connectivity index (χ0) is 43.1. The second kappa shape index (κ2) is 45.9. The number of hydrogen-bond acceptors (Lipinski definition) is 5. The Bertz CT molecular complexity index is 1150. The number of aliphatic carboxylic acids is 1. The summed E-state index contributed by atoms with van der Waals surface area (Å²) in [5, 5.41) is 11.9. The van der Waals surface area contributed by atoms with E-state index >= 15 is 0 Å². The van der Waals surface area contributed by atoms with Gasteiger partial charge in [0.05, 0.1) is 0 Å². The quantitative estimate of drug-likeness (QED) is 0.0320. The number of esters is 1. The van der Waals surface area contributed by atoms with Gasteiger partial charge in [0, 0.05) is 12.8 Å². The number of rotatable bonds is 43. The summed E-state index contributed by atoms with van der Waals surface area (Å²) in [6.07, 6.45) is 59.8. The van der Waals surface area contributed by atoms with Gasteiger partial charge in [0.2, 0.25) is 5.91 Å². The first-order valence-electron chi connectivity index (χ1n) is 24.3. The number of unbranched alkanes of at least 4 members (excludes halogenated alkanes) is 19. The molecular weight excluding hydrogens is 733 g/mol. The first-order chi connectivity index (χ1) is 28.9. The predicted molar refractivity (Wildman–Crippen MR) is 252 cm³/mol. The van der Waals surface area contributed by atoms with Gasteiger partial charge in [-0.2, -0.15) is 0 Å². The highest BCUT2D eigenvalue weighted by Gasteiger charge is 2.18. The molecule has 0 saturated carbocycles. The number of nitrogens with two attached hydrogens (primary N) is 1. The van der Waals surface area contributed by atoms with Crippen molar-refractivity contribution in [1.82, 2.24) is 5.32 Å². The van der Waals surface area contributed by atoms with Crippen LogP contribution in [-0.4, -0.2) is 41.6 Å². The maximum atomic E-state index is 12.8. The Morgan fingerprint density at radius 1 is 0.525 bits per heavy atom. The highest BCUT2D eigenvalue weighted by Crippen LogP contribution is 2.16. The van der Waals surface area contributed by atoms with Gasteiger partial charge in [-0.3, -0.25) is 9.59 Å².